The molecule has 0 aliphatic carbocycles. The van der Waals surface area contributed by atoms with E-state index in [1.807, 2.05) is 0 Å². The molecule has 8 heteroatoms. The van der Waals surface area contributed by atoms with E-state index < -0.39 is 30.4 Å². The van der Waals surface area contributed by atoms with Gasteiger partial charge in [-0.1, -0.05) is 6.92 Å². The van der Waals surface area contributed by atoms with Crippen molar-refractivity contribution in [2.75, 3.05) is 0 Å². The van der Waals surface area contributed by atoms with Crippen LogP contribution < -0.4 is 0 Å². The van der Waals surface area contributed by atoms with Gasteiger partial charge in [-0.05, 0) is 6.92 Å². The highest BCUT2D eigenvalue weighted by molar-refractivity contribution is 5.86. The smallest absolute Gasteiger partial charge is 0.334 e. The number of hydrogen-bond acceptors (Lipinski definition) is 5. The zero-order valence-corrected chi connectivity index (χ0v) is 9.95. The molecule has 0 fully saturated rings. The van der Waals surface area contributed by atoms with E-state index in [-0.39, 0.29) is 11.3 Å². The lowest BCUT2D eigenvalue weighted by Gasteiger charge is -1.97. The van der Waals surface area contributed by atoms with Crippen molar-refractivity contribution in [3.05, 3.63) is 11.3 Å². The summed E-state index contributed by atoms with van der Waals surface area (Å²) in [5.74, 6) is -3.96. The number of carbonyl (C=O) groups is 3. The third-order valence-electron chi connectivity index (χ3n) is 1.74. The molecule has 0 heterocycles. The van der Waals surface area contributed by atoms with Gasteiger partial charge in [0.1, 0.15) is 5.76 Å². The second kappa shape index (κ2) is 8.99. The highest BCUT2D eigenvalue weighted by Gasteiger charge is 2.16. The molecular formula is C10H16O8. The Morgan fingerprint density at radius 1 is 1.06 bits per heavy atom. The van der Waals surface area contributed by atoms with Gasteiger partial charge in [0, 0.05) is 6.42 Å². The van der Waals surface area contributed by atoms with Gasteiger partial charge in [0.25, 0.3) is 0 Å². The second-order valence-electron chi connectivity index (χ2n) is 3.18. The summed E-state index contributed by atoms with van der Waals surface area (Å²) in [6.07, 6.45) is -2.17. The fourth-order valence-corrected chi connectivity index (χ4v) is 0.641. The van der Waals surface area contributed by atoms with E-state index in [0.29, 0.717) is 6.42 Å². The maximum atomic E-state index is 10.1. The molecule has 0 spiro atoms. The van der Waals surface area contributed by atoms with Gasteiger partial charge >= 0.3 is 17.9 Å². The van der Waals surface area contributed by atoms with Crippen LogP contribution >= 0.6 is 0 Å². The Kier molecular flexibility index (Phi) is 9.13. The van der Waals surface area contributed by atoms with Crippen LogP contribution in [0.15, 0.2) is 11.3 Å². The molecule has 0 saturated heterocycles. The van der Waals surface area contributed by atoms with Crippen molar-refractivity contribution >= 4 is 17.9 Å². The SMILES string of the molecule is CC/C(O)=C(/C)C(=O)O.O=C(O)CC(O)C(=O)O. The minimum Gasteiger partial charge on any atom is -0.512 e. The lowest BCUT2D eigenvalue weighted by Crippen LogP contribution is -2.22. The van der Waals surface area contributed by atoms with Crippen LogP contribution in [0.25, 0.3) is 0 Å². The summed E-state index contributed by atoms with van der Waals surface area (Å²) in [6, 6.07) is 0. The molecule has 1 atom stereocenters. The summed E-state index contributed by atoms with van der Waals surface area (Å²) < 4.78 is 0. The Morgan fingerprint density at radius 3 is 1.61 bits per heavy atom. The van der Waals surface area contributed by atoms with Crippen molar-refractivity contribution in [1.82, 2.24) is 0 Å². The topological polar surface area (TPSA) is 152 Å². The highest BCUT2D eigenvalue weighted by atomic mass is 16.4. The normalized spacial score (nSPS) is 12.6. The van der Waals surface area contributed by atoms with Gasteiger partial charge in [-0.15, -0.1) is 0 Å². The summed E-state index contributed by atoms with van der Waals surface area (Å²) in [5.41, 5.74) is 0.0255. The lowest BCUT2D eigenvalue weighted by molar-refractivity contribution is -0.152. The van der Waals surface area contributed by atoms with Gasteiger partial charge in [-0.3, -0.25) is 4.79 Å². The van der Waals surface area contributed by atoms with Gasteiger partial charge in [0.2, 0.25) is 0 Å². The lowest BCUT2D eigenvalue weighted by atomic mass is 10.2. The molecule has 0 aliphatic rings. The molecule has 8 nitrogen and oxygen atoms in total. The van der Waals surface area contributed by atoms with Gasteiger partial charge in [0.05, 0.1) is 12.0 Å². The molecular weight excluding hydrogens is 248 g/mol. The molecule has 0 aromatic carbocycles. The molecule has 0 aromatic heterocycles. The van der Waals surface area contributed by atoms with E-state index in [1.165, 1.54) is 6.92 Å². The quantitative estimate of drug-likeness (QED) is 0.349. The summed E-state index contributed by atoms with van der Waals surface area (Å²) in [5, 5.41) is 41.2. The Balaban J connectivity index is 0. The molecule has 0 amide bonds. The monoisotopic (exact) mass is 264 g/mol. The summed E-state index contributed by atoms with van der Waals surface area (Å²) in [4.78, 5) is 29.5. The highest BCUT2D eigenvalue weighted by Crippen LogP contribution is 2.03. The molecule has 0 rings (SSSR count). The molecule has 0 bridgehead atoms. The Morgan fingerprint density at radius 2 is 1.50 bits per heavy atom. The number of aliphatic hydroxyl groups is 2. The standard InChI is InChI=1S/C6H10O3.C4H6O5/c1-3-5(7)4(2)6(8)9;5-2(4(8)9)1-3(6)7/h7H,3H2,1-2H3,(H,8,9);2,5H,1H2,(H,6,7)(H,8,9)/b5-4+;. The number of carboxylic acids is 3. The second-order valence-corrected chi connectivity index (χ2v) is 3.18. The Labute approximate surface area is 103 Å². The van der Waals surface area contributed by atoms with Crippen LogP contribution in [-0.4, -0.2) is 49.5 Å². The van der Waals surface area contributed by atoms with Crippen LogP contribution in [0, 0.1) is 0 Å². The van der Waals surface area contributed by atoms with E-state index >= 15 is 0 Å². The van der Waals surface area contributed by atoms with E-state index in [2.05, 4.69) is 0 Å². The van der Waals surface area contributed by atoms with E-state index in [1.54, 1.807) is 6.92 Å². The van der Waals surface area contributed by atoms with Crippen molar-refractivity contribution in [3.8, 4) is 0 Å². The van der Waals surface area contributed by atoms with Crippen LogP contribution in [0.4, 0.5) is 0 Å². The van der Waals surface area contributed by atoms with Crippen LogP contribution in [0.2, 0.25) is 0 Å². The van der Waals surface area contributed by atoms with Gasteiger partial charge in [-0.2, -0.15) is 0 Å². The number of allylic oxidation sites excluding steroid dienone is 1. The van der Waals surface area contributed by atoms with E-state index in [0.717, 1.165) is 0 Å². The molecule has 5 N–H and O–H groups in total. The number of rotatable bonds is 5. The third kappa shape index (κ3) is 9.16. The van der Waals surface area contributed by atoms with Gasteiger partial charge < -0.3 is 25.5 Å². The summed E-state index contributed by atoms with van der Waals surface area (Å²) >= 11 is 0. The van der Waals surface area contributed by atoms with Gasteiger partial charge in [-0.25, -0.2) is 9.59 Å². The predicted molar refractivity (Wildman–Crippen MR) is 59.2 cm³/mol. The predicted octanol–water partition coefficient (Wildman–Crippen LogP) is 0.220. The first-order valence-electron chi connectivity index (χ1n) is 4.88. The fraction of sp³-hybridized carbons (Fsp3) is 0.500. The first-order valence-corrected chi connectivity index (χ1v) is 4.88. The average molecular weight is 264 g/mol. The number of carboxylic acid groups (broad SMARTS) is 3. The number of hydrogen-bond donors (Lipinski definition) is 5. The maximum absolute atomic E-state index is 10.1. The molecule has 0 radical (unpaired) electrons. The van der Waals surface area contributed by atoms with Crippen LogP contribution in [0.5, 0.6) is 0 Å². The molecule has 0 saturated carbocycles. The molecule has 104 valence electrons. The fourth-order valence-electron chi connectivity index (χ4n) is 0.641. The summed E-state index contributed by atoms with van der Waals surface area (Å²) in [6.45, 7) is 3.07. The molecule has 1 unspecified atom stereocenters. The number of aliphatic hydroxyl groups excluding tert-OH is 2. The zero-order chi connectivity index (χ0) is 14.9. The van der Waals surface area contributed by atoms with Crippen molar-refractivity contribution in [3.63, 3.8) is 0 Å². The van der Waals surface area contributed by atoms with E-state index in [4.69, 9.17) is 25.5 Å². The molecule has 0 aromatic rings. The first kappa shape index (κ1) is 18.3. The third-order valence-corrected chi connectivity index (χ3v) is 1.74. The Bertz CT molecular complexity index is 344. The number of aliphatic carboxylic acids is 3. The van der Waals surface area contributed by atoms with Crippen molar-refractivity contribution in [2.24, 2.45) is 0 Å². The van der Waals surface area contributed by atoms with E-state index in [9.17, 15) is 14.4 Å². The summed E-state index contributed by atoms with van der Waals surface area (Å²) in [7, 11) is 0. The molecule has 0 aliphatic heterocycles. The minimum atomic E-state index is -1.79. The Hall–Kier alpha value is -2.09. The first-order chi connectivity index (χ1) is 8.13. The largest absolute Gasteiger partial charge is 0.512 e. The molecule has 18 heavy (non-hydrogen) atoms. The van der Waals surface area contributed by atoms with Crippen molar-refractivity contribution in [1.29, 1.82) is 0 Å². The minimum absolute atomic E-state index is 0.0255. The van der Waals surface area contributed by atoms with Crippen molar-refractivity contribution in [2.45, 2.75) is 32.8 Å². The van der Waals surface area contributed by atoms with Crippen LogP contribution in [0.1, 0.15) is 26.7 Å². The van der Waals surface area contributed by atoms with Gasteiger partial charge in [0.15, 0.2) is 6.10 Å². The van der Waals surface area contributed by atoms with Crippen LogP contribution in [0.3, 0.4) is 0 Å². The van der Waals surface area contributed by atoms with Crippen molar-refractivity contribution < 1.29 is 39.9 Å². The zero-order valence-electron chi connectivity index (χ0n) is 9.95. The maximum Gasteiger partial charge on any atom is 0.334 e. The van der Waals surface area contributed by atoms with Crippen LogP contribution in [-0.2, 0) is 14.4 Å². The average Bonchev–Trinajstić information content (AvgIpc) is 2.26.